The normalized spacial score (nSPS) is 23.8. The van der Waals surface area contributed by atoms with Gasteiger partial charge in [-0.2, -0.15) is 0 Å². The number of allylic oxidation sites excluding steroid dienone is 4. The first-order valence-electron chi connectivity index (χ1n) is 9.63. The molecule has 1 saturated carbocycles. The van der Waals surface area contributed by atoms with Crippen molar-refractivity contribution < 1.29 is 8.78 Å². The second-order valence-electron chi connectivity index (χ2n) is 7.55. The monoisotopic (exact) mass is 345 g/mol. The van der Waals surface area contributed by atoms with Crippen molar-refractivity contribution in [3.05, 3.63) is 59.2 Å². The summed E-state index contributed by atoms with van der Waals surface area (Å²) in [5.41, 5.74) is 2.31. The van der Waals surface area contributed by atoms with Crippen LogP contribution in [0, 0.1) is 17.6 Å². The zero-order valence-electron chi connectivity index (χ0n) is 15.2. The minimum atomic E-state index is -0.479. The molecule has 0 spiro atoms. The molecule has 0 N–H and O–H groups in total. The first kappa shape index (κ1) is 18.3. The van der Waals surface area contributed by atoms with E-state index in [4.69, 9.17) is 0 Å². The van der Waals surface area contributed by atoms with Gasteiger partial charge in [0.1, 0.15) is 11.6 Å². The zero-order chi connectivity index (χ0) is 17.6. The maximum absolute atomic E-state index is 13.2. The lowest BCUT2D eigenvalue weighted by atomic mass is 9.79. The number of halogens is 2. The predicted octanol–water partition coefficient (Wildman–Crippen LogP) is 5.66. The van der Waals surface area contributed by atoms with Crippen molar-refractivity contribution in [3.63, 3.8) is 0 Å². The highest BCUT2D eigenvalue weighted by Crippen LogP contribution is 2.34. The van der Waals surface area contributed by atoms with Crippen molar-refractivity contribution in [3.8, 4) is 0 Å². The van der Waals surface area contributed by atoms with Crippen molar-refractivity contribution in [1.29, 1.82) is 0 Å². The summed E-state index contributed by atoms with van der Waals surface area (Å²) in [7, 11) is 2.19. The Morgan fingerprint density at radius 1 is 1.00 bits per heavy atom. The van der Waals surface area contributed by atoms with E-state index in [0.717, 1.165) is 36.9 Å². The molecule has 0 amide bonds. The Hall–Kier alpha value is -1.48. The Kier molecular flexibility index (Phi) is 6.41. The van der Waals surface area contributed by atoms with E-state index in [1.54, 1.807) is 5.57 Å². The average Bonchev–Trinajstić information content (AvgIpc) is 2.62. The van der Waals surface area contributed by atoms with Crippen LogP contribution in [-0.2, 0) is 6.42 Å². The van der Waals surface area contributed by atoms with Gasteiger partial charge in [-0.25, -0.2) is 8.78 Å². The fourth-order valence-electron chi connectivity index (χ4n) is 4.26. The Bertz CT molecular complexity index is 607. The van der Waals surface area contributed by atoms with Gasteiger partial charge in [0.2, 0.25) is 0 Å². The maximum Gasteiger partial charge on any atom is 0.126 e. The highest BCUT2D eigenvalue weighted by molar-refractivity contribution is 5.25. The van der Waals surface area contributed by atoms with Gasteiger partial charge in [0.25, 0.3) is 0 Å². The van der Waals surface area contributed by atoms with E-state index in [-0.39, 0.29) is 0 Å². The summed E-state index contributed by atoms with van der Waals surface area (Å²) in [6, 6.07) is 4.47. The Balaban J connectivity index is 1.41. The van der Waals surface area contributed by atoms with Crippen molar-refractivity contribution in [1.82, 2.24) is 4.90 Å². The highest BCUT2D eigenvalue weighted by atomic mass is 19.1. The van der Waals surface area contributed by atoms with Gasteiger partial charge >= 0.3 is 0 Å². The predicted molar refractivity (Wildman–Crippen MR) is 99.5 cm³/mol. The Labute approximate surface area is 150 Å². The summed E-state index contributed by atoms with van der Waals surface area (Å²) >= 11 is 0. The van der Waals surface area contributed by atoms with Crippen LogP contribution >= 0.6 is 0 Å². The van der Waals surface area contributed by atoms with Gasteiger partial charge in [-0.05, 0) is 94.1 Å². The molecule has 0 unspecified atom stereocenters. The molecule has 0 heterocycles. The van der Waals surface area contributed by atoms with Crippen LogP contribution in [0.5, 0.6) is 0 Å². The largest absolute Gasteiger partial charge is 0.303 e. The van der Waals surface area contributed by atoms with Crippen LogP contribution in [0.4, 0.5) is 8.78 Å². The summed E-state index contributed by atoms with van der Waals surface area (Å²) < 4.78 is 26.5. The molecule has 1 aromatic rings. The number of aryl methyl sites for hydroxylation is 1. The van der Waals surface area contributed by atoms with E-state index >= 15 is 0 Å². The lowest BCUT2D eigenvalue weighted by molar-refractivity contribution is 0.173. The summed E-state index contributed by atoms with van der Waals surface area (Å²) in [4.78, 5) is 2.44. The molecule has 1 fully saturated rings. The van der Waals surface area contributed by atoms with Crippen LogP contribution in [0.1, 0.15) is 50.5 Å². The molecule has 0 saturated heterocycles. The van der Waals surface area contributed by atoms with Gasteiger partial charge < -0.3 is 4.90 Å². The lowest BCUT2D eigenvalue weighted by Crippen LogP contribution is -2.36. The molecule has 3 heteroatoms. The first-order valence-corrected chi connectivity index (χ1v) is 9.63. The van der Waals surface area contributed by atoms with E-state index in [2.05, 4.69) is 30.2 Å². The summed E-state index contributed by atoms with van der Waals surface area (Å²) in [5, 5.41) is 0. The van der Waals surface area contributed by atoms with Crippen LogP contribution in [-0.4, -0.2) is 24.5 Å². The molecule has 1 aromatic carbocycles. The standard InChI is InChI=1S/C22H29F2N/c1-25(13-5-6-17-14-20(23)16-21(24)15-17)22-11-9-19(10-12-22)18-7-3-2-4-8-18/h3,7-8,14-16,19,22H,2,4-6,9-13H2,1H3. The summed E-state index contributed by atoms with van der Waals surface area (Å²) in [6.07, 6.45) is 16.2. The summed E-state index contributed by atoms with van der Waals surface area (Å²) in [5.74, 6) is -0.211. The first-order chi connectivity index (χ1) is 12.1. The van der Waals surface area contributed by atoms with Crippen LogP contribution < -0.4 is 0 Å². The molecule has 0 bridgehead atoms. The Morgan fingerprint density at radius 2 is 1.72 bits per heavy atom. The molecule has 0 aromatic heterocycles. The minimum absolute atomic E-state index is 0.479. The third-order valence-corrected chi connectivity index (χ3v) is 5.71. The topological polar surface area (TPSA) is 3.24 Å². The van der Waals surface area contributed by atoms with Crippen molar-refractivity contribution >= 4 is 0 Å². The van der Waals surface area contributed by atoms with Crippen LogP contribution in [0.25, 0.3) is 0 Å². The van der Waals surface area contributed by atoms with Crippen LogP contribution in [0.3, 0.4) is 0 Å². The van der Waals surface area contributed by atoms with Gasteiger partial charge in [0, 0.05) is 12.1 Å². The van der Waals surface area contributed by atoms with Crippen molar-refractivity contribution in [2.24, 2.45) is 5.92 Å². The molecular formula is C22H29F2N. The molecule has 25 heavy (non-hydrogen) atoms. The van der Waals surface area contributed by atoms with Gasteiger partial charge in [-0.1, -0.05) is 18.2 Å². The molecule has 1 nitrogen and oxygen atoms in total. The van der Waals surface area contributed by atoms with E-state index in [0.29, 0.717) is 6.04 Å². The molecular weight excluding hydrogens is 316 g/mol. The van der Waals surface area contributed by atoms with Crippen molar-refractivity contribution in [2.75, 3.05) is 13.6 Å². The van der Waals surface area contributed by atoms with Crippen LogP contribution in [0.15, 0.2) is 42.0 Å². The molecule has 0 aliphatic heterocycles. The maximum atomic E-state index is 13.2. The quantitative estimate of drug-likeness (QED) is 0.642. The number of hydrogen-bond acceptors (Lipinski definition) is 1. The molecule has 2 aliphatic rings. The number of hydrogen-bond donors (Lipinski definition) is 0. The molecule has 2 aliphatic carbocycles. The third-order valence-electron chi connectivity index (χ3n) is 5.71. The second kappa shape index (κ2) is 8.75. The fraction of sp³-hybridized carbons (Fsp3) is 0.545. The molecule has 0 radical (unpaired) electrons. The minimum Gasteiger partial charge on any atom is -0.303 e. The van der Waals surface area contributed by atoms with Gasteiger partial charge in [-0.15, -0.1) is 0 Å². The number of nitrogens with zero attached hydrogens (tertiary/aromatic N) is 1. The SMILES string of the molecule is CN(CCCc1cc(F)cc(F)c1)C1CCC(C2=CCCC=C2)CC1. The average molecular weight is 345 g/mol. The highest BCUT2D eigenvalue weighted by Gasteiger charge is 2.25. The van der Waals surface area contributed by atoms with Gasteiger partial charge in [-0.3, -0.25) is 0 Å². The molecule has 3 rings (SSSR count). The van der Waals surface area contributed by atoms with Gasteiger partial charge in [0.15, 0.2) is 0 Å². The number of benzene rings is 1. The number of rotatable bonds is 6. The van der Waals surface area contributed by atoms with Crippen molar-refractivity contribution in [2.45, 2.75) is 57.4 Å². The van der Waals surface area contributed by atoms with E-state index < -0.39 is 11.6 Å². The van der Waals surface area contributed by atoms with E-state index in [9.17, 15) is 8.78 Å². The Morgan fingerprint density at radius 3 is 2.36 bits per heavy atom. The van der Waals surface area contributed by atoms with E-state index in [1.807, 2.05) is 0 Å². The lowest BCUT2D eigenvalue weighted by Gasteiger charge is -2.35. The van der Waals surface area contributed by atoms with Crippen LogP contribution in [0.2, 0.25) is 0 Å². The zero-order valence-corrected chi connectivity index (χ0v) is 15.2. The molecule has 136 valence electrons. The molecule has 0 atom stereocenters. The third kappa shape index (κ3) is 5.24. The summed E-state index contributed by atoms with van der Waals surface area (Å²) in [6.45, 7) is 0.982. The van der Waals surface area contributed by atoms with E-state index in [1.165, 1.54) is 50.7 Å². The fourth-order valence-corrected chi connectivity index (χ4v) is 4.26. The second-order valence-corrected chi connectivity index (χ2v) is 7.55. The smallest absolute Gasteiger partial charge is 0.126 e. The van der Waals surface area contributed by atoms with Gasteiger partial charge in [0.05, 0.1) is 0 Å².